The molecule has 0 saturated heterocycles. The molecule has 2 aromatic rings. The number of anilines is 1. The van der Waals surface area contributed by atoms with Gasteiger partial charge in [0.1, 0.15) is 5.75 Å². The van der Waals surface area contributed by atoms with Crippen molar-refractivity contribution in [2.24, 2.45) is 0 Å². The van der Waals surface area contributed by atoms with Gasteiger partial charge in [-0.1, -0.05) is 18.2 Å². The summed E-state index contributed by atoms with van der Waals surface area (Å²) in [7, 11) is 0. The highest BCUT2D eigenvalue weighted by molar-refractivity contribution is 9.10. The topological polar surface area (TPSA) is 38.3 Å². The molecule has 0 aliphatic carbocycles. The van der Waals surface area contributed by atoms with E-state index in [4.69, 9.17) is 0 Å². The number of carbonyl (C=O) groups is 1. The van der Waals surface area contributed by atoms with Gasteiger partial charge in [0.15, 0.2) is 0 Å². The third kappa shape index (κ3) is 5.49. The second-order valence-corrected chi connectivity index (χ2v) is 5.61. The van der Waals surface area contributed by atoms with Gasteiger partial charge in [-0.05, 0) is 64.3 Å². The smallest absolute Gasteiger partial charge is 0.387 e. The number of hydrogen-bond acceptors (Lipinski definition) is 2. The van der Waals surface area contributed by atoms with Crippen molar-refractivity contribution in [2.75, 3.05) is 5.32 Å². The second kappa shape index (κ2) is 7.87. The Morgan fingerprint density at radius 2 is 1.91 bits per heavy atom. The van der Waals surface area contributed by atoms with Gasteiger partial charge in [0.2, 0.25) is 5.91 Å². The predicted molar refractivity (Wildman–Crippen MR) is 89.6 cm³/mol. The largest absolute Gasteiger partial charge is 0.435 e. The van der Waals surface area contributed by atoms with Crippen LogP contribution in [0.5, 0.6) is 5.75 Å². The SMILES string of the molecule is Cc1ccc(NC(=O)C=Cc2ccc(OC(F)F)cc2)c(Br)c1. The summed E-state index contributed by atoms with van der Waals surface area (Å²) in [5.41, 5.74) is 2.45. The molecule has 1 N–H and O–H groups in total. The molecule has 0 aliphatic rings. The number of nitrogens with one attached hydrogen (secondary N) is 1. The molecule has 0 atom stereocenters. The maximum Gasteiger partial charge on any atom is 0.387 e. The van der Waals surface area contributed by atoms with Gasteiger partial charge in [-0.15, -0.1) is 0 Å². The van der Waals surface area contributed by atoms with E-state index in [1.54, 1.807) is 18.2 Å². The fraction of sp³-hybridized carbons (Fsp3) is 0.118. The van der Waals surface area contributed by atoms with Gasteiger partial charge in [-0.2, -0.15) is 8.78 Å². The molecule has 0 aliphatic heterocycles. The van der Waals surface area contributed by atoms with Crippen LogP contribution in [0, 0.1) is 6.92 Å². The lowest BCUT2D eigenvalue weighted by Gasteiger charge is -2.06. The highest BCUT2D eigenvalue weighted by Gasteiger charge is 2.04. The molecule has 6 heteroatoms. The minimum Gasteiger partial charge on any atom is -0.435 e. The Labute approximate surface area is 141 Å². The van der Waals surface area contributed by atoms with Gasteiger partial charge in [0.05, 0.1) is 5.69 Å². The molecular weight excluding hydrogens is 368 g/mol. The van der Waals surface area contributed by atoms with E-state index in [9.17, 15) is 13.6 Å². The standard InChI is InChI=1S/C17H14BrF2NO2/c1-11-2-8-15(14(18)10-11)21-16(22)9-5-12-3-6-13(7-4-12)23-17(19)20/h2-10,17H,1H3,(H,21,22). The summed E-state index contributed by atoms with van der Waals surface area (Å²) in [5.74, 6) is -0.215. The number of rotatable bonds is 5. The monoisotopic (exact) mass is 381 g/mol. The van der Waals surface area contributed by atoms with Crippen LogP contribution in [0.1, 0.15) is 11.1 Å². The van der Waals surface area contributed by atoms with Crippen LogP contribution in [0.3, 0.4) is 0 Å². The zero-order valence-corrected chi connectivity index (χ0v) is 13.8. The van der Waals surface area contributed by atoms with E-state index < -0.39 is 6.61 Å². The molecule has 0 unspecified atom stereocenters. The lowest BCUT2D eigenvalue weighted by molar-refractivity contribution is -0.111. The average Bonchev–Trinajstić information content (AvgIpc) is 2.49. The van der Waals surface area contributed by atoms with Gasteiger partial charge in [-0.25, -0.2) is 0 Å². The van der Waals surface area contributed by atoms with Crippen LogP contribution in [-0.4, -0.2) is 12.5 Å². The van der Waals surface area contributed by atoms with Crippen molar-refractivity contribution in [3.8, 4) is 5.75 Å². The van der Waals surface area contributed by atoms with Crippen molar-refractivity contribution >= 4 is 33.6 Å². The lowest BCUT2D eigenvalue weighted by Crippen LogP contribution is -2.08. The Bertz CT molecular complexity index is 715. The van der Waals surface area contributed by atoms with Crippen LogP contribution in [0.25, 0.3) is 6.08 Å². The summed E-state index contributed by atoms with van der Waals surface area (Å²) in [5, 5.41) is 2.75. The molecule has 0 radical (unpaired) electrons. The first-order chi connectivity index (χ1) is 10.9. The summed E-state index contributed by atoms with van der Waals surface area (Å²) in [6, 6.07) is 11.6. The van der Waals surface area contributed by atoms with Crippen molar-refractivity contribution in [3.05, 3.63) is 64.1 Å². The van der Waals surface area contributed by atoms with E-state index in [0.29, 0.717) is 11.3 Å². The van der Waals surface area contributed by atoms with Crippen molar-refractivity contribution in [1.29, 1.82) is 0 Å². The van der Waals surface area contributed by atoms with Gasteiger partial charge >= 0.3 is 6.61 Å². The van der Waals surface area contributed by atoms with Gasteiger partial charge < -0.3 is 10.1 Å². The molecule has 0 heterocycles. The molecular formula is C17H14BrF2NO2. The summed E-state index contributed by atoms with van der Waals surface area (Å²) in [6.45, 7) is -0.896. The van der Waals surface area contributed by atoms with Gasteiger partial charge in [-0.3, -0.25) is 4.79 Å². The molecule has 23 heavy (non-hydrogen) atoms. The van der Waals surface area contributed by atoms with E-state index in [-0.39, 0.29) is 11.7 Å². The number of carbonyl (C=O) groups excluding carboxylic acids is 1. The Morgan fingerprint density at radius 1 is 1.22 bits per heavy atom. The van der Waals surface area contributed by atoms with Crippen LogP contribution in [-0.2, 0) is 4.79 Å². The zero-order chi connectivity index (χ0) is 16.8. The maximum atomic E-state index is 12.0. The summed E-state index contributed by atoms with van der Waals surface area (Å²) >= 11 is 3.39. The third-order valence-electron chi connectivity index (χ3n) is 2.91. The molecule has 120 valence electrons. The number of benzene rings is 2. The predicted octanol–water partition coefficient (Wildman–Crippen LogP) is 5.01. The van der Waals surface area contributed by atoms with Gasteiger partial charge in [0.25, 0.3) is 0 Å². The molecule has 0 fully saturated rings. The molecule has 0 saturated carbocycles. The molecule has 2 aromatic carbocycles. The van der Waals surface area contributed by atoms with Crippen LogP contribution in [0.15, 0.2) is 53.0 Å². The summed E-state index contributed by atoms with van der Waals surface area (Å²) in [4.78, 5) is 11.9. The average molecular weight is 382 g/mol. The minimum atomic E-state index is -2.85. The quantitative estimate of drug-likeness (QED) is 0.739. The Kier molecular flexibility index (Phi) is 5.87. The highest BCUT2D eigenvalue weighted by atomic mass is 79.9. The Morgan fingerprint density at radius 3 is 2.52 bits per heavy atom. The molecule has 2 rings (SSSR count). The third-order valence-corrected chi connectivity index (χ3v) is 3.57. The zero-order valence-electron chi connectivity index (χ0n) is 12.2. The number of amides is 1. The van der Waals surface area contributed by atoms with Crippen molar-refractivity contribution in [3.63, 3.8) is 0 Å². The van der Waals surface area contributed by atoms with E-state index >= 15 is 0 Å². The van der Waals surface area contributed by atoms with Crippen LogP contribution >= 0.6 is 15.9 Å². The normalized spacial score (nSPS) is 11.0. The van der Waals surface area contributed by atoms with E-state index in [2.05, 4.69) is 26.0 Å². The first-order valence-corrected chi connectivity index (χ1v) is 7.53. The number of ether oxygens (including phenoxy) is 1. The van der Waals surface area contributed by atoms with E-state index in [1.165, 1.54) is 18.2 Å². The van der Waals surface area contributed by atoms with Crippen LogP contribution < -0.4 is 10.1 Å². The fourth-order valence-electron chi connectivity index (χ4n) is 1.83. The first-order valence-electron chi connectivity index (χ1n) is 6.74. The molecule has 1 amide bonds. The number of alkyl halides is 2. The summed E-state index contributed by atoms with van der Waals surface area (Å²) < 4.78 is 29.1. The van der Waals surface area contributed by atoms with E-state index in [1.807, 2.05) is 25.1 Å². The number of halogens is 3. The van der Waals surface area contributed by atoms with Crippen LogP contribution in [0.2, 0.25) is 0 Å². The van der Waals surface area contributed by atoms with Crippen molar-refractivity contribution in [2.45, 2.75) is 13.5 Å². The summed E-state index contributed by atoms with van der Waals surface area (Å²) in [6.07, 6.45) is 2.96. The lowest BCUT2D eigenvalue weighted by atomic mass is 10.2. The highest BCUT2D eigenvalue weighted by Crippen LogP contribution is 2.23. The van der Waals surface area contributed by atoms with E-state index in [0.717, 1.165) is 10.0 Å². The maximum absolute atomic E-state index is 12.0. The molecule has 0 aromatic heterocycles. The first kappa shape index (κ1) is 17.1. The van der Waals surface area contributed by atoms with Crippen LogP contribution in [0.4, 0.5) is 14.5 Å². The Balaban J connectivity index is 1.97. The minimum absolute atomic E-state index is 0.0742. The van der Waals surface area contributed by atoms with Crippen molar-refractivity contribution in [1.82, 2.24) is 0 Å². The van der Waals surface area contributed by atoms with Gasteiger partial charge in [0, 0.05) is 10.5 Å². The number of aryl methyl sites for hydroxylation is 1. The number of hydrogen-bond donors (Lipinski definition) is 1. The fourth-order valence-corrected chi connectivity index (χ4v) is 2.42. The molecule has 3 nitrogen and oxygen atoms in total. The second-order valence-electron chi connectivity index (χ2n) is 4.75. The Hall–Kier alpha value is -2.21. The molecule has 0 bridgehead atoms. The molecule has 0 spiro atoms. The van der Waals surface area contributed by atoms with Crippen molar-refractivity contribution < 1.29 is 18.3 Å².